The van der Waals surface area contributed by atoms with Crippen LogP contribution in [-0.2, 0) is 4.79 Å². The standard InChI is InChI=1S/C8H8N6O2/c1-5(8(15)16)10-11-6-2-3-7-12-9-4-14(7)13-6/h2-4H,1H3,(H,11,13)(H,15,16)/b10-5+. The lowest BCUT2D eigenvalue weighted by Crippen LogP contribution is -2.10. The first-order valence-electron chi connectivity index (χ1n) is 4.37. The number of nitrogens with zero attached hydrogens (tertiary/aromatic N) is 5. The van der Waals surface area contributed by atoms with Crippen LogP contribution in [0.2, 0.25) is 0 Å². The zero-order valence-electron chi connectivity index (χ0n) is 8.32. The number of hydrazone groups is 1. The van der Waals surface area contributed by atoms with E-state index in [1.54, 1.807) is 12.1 Å². The number of carboxylic acid groups (broad SMARTS) is 1. The molecule has 0 saturated carbocycles. The van der Waals surface area contributed by atoms with Crippen molar-refractivity contribution in [2.75, 3.05) is 5.43 Å². The van der Waals surface area contributed by atoms with Crippen LogP contribution in [0.15, 0.2) is 23.6 Å². The van der Waals surface area contributed by atoms with Crippen molar-refractivity contribution in [2.24, 2.45) is 5.10 Å². The molecule has 0 bridgehead atoms. The first-order chi connectivity index (χ1) is 7.66. The number of fused-ring (bicyclic) bond motifs is 1. The number of aromatic nitrogens is 4. The molecule has 82 valence electrons. The second-order valence-electron chi connectivity index (χ2n) is 2.97. The van der Waals surface area contributed by atoms with Crippen LogP contribution in [-0.4, -0.2) is 36.6 Å². The molecule has 0 fully saturated rings. The number of carboxylic acids is 1. The molecule has 0 atom stereocenters. The maximum Gasteiger partial charge on any atom is 0.351 e. The van der Waals surface area contributed by atoms with Gasteiger partial charge in [-0.1, -0.05) is 0 Å². The molecular formula is C8H8N6O2. The molecule has 0 amide bonds. The molecule has 0 radical (unpaired) electrons. The molecule has 2 aromatic rings. The SMILES string of the molecule is C/C(=N\Nc1ccc2nncn2n1)C(=O)O. The van der Waals surface area contributed by atoms with Gasteiger partial charge < -0.3 is 5.11 Å². The Bertz CT molecular complexity index is 560. The largest absolute Gasteiger partial charge is 0.477 e. The zero-order valence-corrected chi connectivity index (χ0v) is 8.32. The van der Waals surface area contributed by atoms with Crippen molar-refractivity contribution in [3.63, 3.8) is 0 Å². The molecule has 0 saturated heterocycles. The molecule has 0 aromatic carbocycles. The van der Waals surface area contributed by atoms with Gasteiger partial charge in [0, 0.05) is 0 Å². The van der Waals surface area contributed by atoms with Crippen LogP contribution in [0.25, 0.3) is 5.65 Å². The van der Waals surface area contributed by atoms with Gasteiger partial charge in [0.2, 0.25) is 0 Å². The first-order valence-corrected chi connectivity index (χ1v) is 4.37. The Hall–Kier alpha value is -2.51. The van der Waals surface area contributed by atoms with Crippen LogP contribution in [0.4, 0.5) is 5.82 Å². The third-order valence-electron chi connectivity index (χ3n) is 1.81. The topological polar surface area (TPSA) is 105 Å². The Morgan fingerprint density at radius 2 is 2.38 bits per heavy atom. The van der Waals surface area contributed by atoms with E-state index in [1.165, 1.54) is 17.8 Å². The molecule has 16 heavy (non-hydrogen) atoms. The lowest BCUT2D eigenvalue weighted by molar-refractivity contribution is -0.129. The Morgan fingerprint density at radius 1 is 1.56 bits per heavy atom. The summed E-state index contributed by atoms with van der Waals surface area (Å²) in [6, 6.07) is 3.32. The summed E-state index contributed by atoms with van der Waals surface area (Å²) < 4.78 is 1.45. The smallest absolute Gasteiger partial charge is 0.351 e. The minimum absolute atomic E-state index is 0.0503. The summed E-state index contributed by atoms with van der Waals surface area (Å²) in [7, 11) is 0. The van der Waals surface area contributed by atoms with E-state index < -0.39 is 5.97 Å². The molecule has 2 rings (SSSR count). The number of aliphatic carboxylic acids is 1. The van der Waals surface area contributed by atoms with Crippen molar-refractivity contribution < 1.29 is 9.90 Å². The highest BCUT2D eigenvalue weighted by molar-refractivity contribution is 6.34. The summed E-state index contributed by atoms with van der Waals surface area (Å²) in [6.45, 7) is 1.38. The van der Waals surface area contributed by atoms with Crippen LogP contribution >= 0.6 is 0 Å². The highest BCUT2D eigenvalue weighted by atomic mass is 16.4. The van der Waals surface area contributed by atoms with Crippen molar-refractivity contribution in [1.29, 1.82) is 0 Å². The summed E-state index contributed by atoms with van der Waals surface area (Å²) in [5, 5.41) is 23.7. The molecule has 8 heteroatoms. The highest BCUT2D eigenvalue weighted by Crippen LogP contribution is 2.03. The lowest BCUT2D eigenvalue weighted by Gasteiger charge is -1.99. The fraction of sp³-hybridized carbons (Fsp3) is 0.125. The molecule has 0 aliphatic rings. The second kappa shape index (κ2) is 3.93. The summed E-state index contributed by atoms with van der Waals surface area (Å²) in [5.41, 5.74) is 3.08. The van der Waals surface area contributed by atoms with Crippen molar-refractivity contribution in [3.8, 4) is 0 Å². The number of anilines is 1. The van der Waals surface area contributed by atoms with Gasteiger partial charge >= 0.3 is 5.97 Å². The average molecular weight is 220 g/mol. The van der Waals surface area contributed by atoms with Gasteiger partial charge in [0.1, 0.15) is 12.0 Å². The van der Waals surface area contributed by atoms with E-state index in [-0.39, 0.29) is 5.71 Å². The quantitative estimate of drug-likeness (QED) is 0.557. The van der Waals surface area contributed by atoms with Gasteiger partial charge in [-0.2, -0.15) is 9.62 Å². The number of nitrogens with one attached hydrogen (secondary N) is 1. The predicted octanol–water partition coefficient (Wildman–Crippen LogP) is -0.00330. The van der Waals surface area contributed by atoms with Crippen molar-refractivity contribution in [3.05, 3.63) is 18.5 Å². The fourth-order valence-electron chi connectivity index (χ4n) is 0.977. The Morgan fingerprint density at radius 3 is 3.12 bits per heavy atom. The number of rotatable bonds is 3. The molecule has 2 aromatic heterocycles. The van der Waals surface area contributed by atoms with E-state index in [4.69, 9.17) is 5.11 Å². The fourth-order valence-corrected chi connectivity index (χ4v) is 0.977. The van der Waals surface area contributed by atoms with Gasteiger partial charge in [0.15, 0.2) is 11.5 Å². The van der Waals surface area contributed by atoms with Crippen molar-refractivity contribution >= 4 is 23.1 Å². The molecular weight excluding hydrogens is 212 g/mol. The van der Waals surface area contributed by atoms with Gasteiger partial charge in [-0.15, -0.1) is 15.3 Å². The van der Waals surface area contributed by atoms with Gasteiger partial charge in [-0.25, -0.2) is 4.79 Å². The average Bonchev–Trinajstić information content (AvgIpc) is 2.72. The number of carbonyl (C=O) groups is 1. The highest BCUT2D eigenvalue weighted by Gasteiger charge is 2.02. The Balaban J connectivity index is 2.21. The summed E-state index contributed by atoms with van der Waals surface area (Å²) >= 11 is 0. The Labute approximate surface area is 89.6 Å². The second-order valence-corrected chi connectivity index (χ2v) is 2.97. The summed E-state index contributed by atoms with van der Waals surface area (Å²) in [4.78, 5) is 10.5. The Kier molecular flexibility index (Phi) is 2.46. The summed E-state index contributed by atoms with van der Waals surface area (Å²) in [6.07, 6.45) is 1.44. The predicted molar refractivity (Wildman–Crippen MR) is 55.1 cm³/mol. The molecule has 2 N–H and O–H groups in total. The minimum atomic E-state index is -1.09. The van der Waals surface area contributed by atoms with Crippen molar-refractivity contribution in [1.82, 2.24) is 19.8 Å². The molecule has 8 nitrogen and oxygen atoms in total. The van der Waals surface area contributed by atoms with E-state index in [0.717, 1.165) is 0 Å². The van der Waals surface area contributed by atoms with Gasteiger partial charge in [0.25, 0.3) is 0 Å². The van der Waals surface area contributed by atoms with E-state index in [9.17, 15) is 4.79 Å². The van der Waals surface area contributed by atoms with Gasteiger partial charge in [-0.05, 0) is 19.1 Å². The van der Waals surface area contributed by atoms with Crippen LogP contribution in [0, 0.1) is 0 Å². The van der Waals surface area contributed by atoms with Crippen molar-refractivity contribution in [2.45, 2.75) is 6.92 Å². The van der Waals surface area contributed by atoms with E-state index >= 15 is 0 Å². The lowest BCUT2D eigenvalue weighted by atomic mass is 10.4. The van der Waals surface area contributed by atoms with Gasteiger partial charge in [0.05, 0.1) is 0 Å². The minimum Gasteiger partial charge on any atom is -0.477 e. The first kappa shape index (κ1) is 10.0. The molecule has 2 heterocycles. The molecule has 0 aliphatic carbocycles. The number of hydrogen-bond acceptors (Lipinski definition) is 6. The van der Waals surface area contributed by atoms with Crippen LogP contribution in [0.5, 0.6) is 0 Å². The molecule has 0 unspecified atom stereocenters. The molecule has 0 aliphatic heterocycles. The maximum atomic E-state index is 10.5. The van der Waals surface area contributed by atoms with Crippen LogP contribution < -0.4 is 5.43 Å². The third kappa shape index (κ3) is 1.95. The maximum absolute atomic E-state index is 10.5. The van der Waals surface area contributed by atoms with E-state index in [1.807, 2.05) is 0 Å². The third-order valence-corrected chi connectivity index (χ3v) is 1.81. The van der Waals surface area contributed by atoms with E-state index in [2.05, 4.69) is 25.8 Å². The molecule has 0 spiro atoms. The van der Waals surface area contributed by atoms with Gasteiger partial charge in [-0.3, -0.25) is 5.43 Å². The van der Waals surface area contributed by atoms with Crippen LogP contribution in [0.3, 0.4) is 0 Å². The monoisotopic (exact) mass is 220 g/mol. The summed E-state index contributed by atoms with van der Waals surface area (Å²) in [5.74, 6) is -0.675. The normalized spacial score (nSPS) is 11.7. The van der Waals surface area contributed by atoms with E-state index in [0.29, 0.717) is 11.5 Å². The number of hydrogen-bond donors (Lipinski definition) is 2. The van der Waals surface area contributed by atoms with Crippen LogP contribution in [0.1, 0.15) is 6.92 Å². The zero-order chi connectivity index (χ0) is 11.5.